The van der Waals surface area contributed by atoms with Gasteiger partial charge < -0.3 is 99.8 Å². The molecule has 0 aliphatic carbocycles. The van der Waals surface area contributed by atoms with Crippen LogP contribution in [0, 0.1) is 5.92 Å². The van der Waals surface area contributed by atoms with E-state index in [2.05, 4.69) is 33.6 Å². The zero-order valence-corrected chi connectivity index (χ0v) is 48.3. The number of carbonyl (C=O) groups excluding carboxylic acids is 3. The summed E-state index contributed by atoms with van der Waals surface area (Å²) < 4.78 is 109. The van der Waals surface area contributed by atoms with Crippen LogP contribution in [-0.4, -0.2) is 274 Å². The SMILES string of the molecule is C=C(C)C(=O)OCC(OCCOCCOCCOCCOCCOCCOCCOCCO)C(=C)C(=O)OCCOCCOCCOCCOCCOCCOCCOCCOC(COC)C(=C)C(=O)OCC(CC)CCCC. The van der Waals surface area contributed by atoms with Gasteiger partial charge in [-0.1, -0.05) is 52.8 Å². The first-order chi connectivity index (χ1) is 38.6. The zero-order valence-electron chi connectivity index (χ0n) is 48.3. The van der Waals surface area contributed by atoms with Gasteiger partial charge >= 0.3 is 17.9 Å². The maximum Gasteiger partial charge on any atom is 0.336 e. The maximum absolute atomic E-state index is 12.7. The molecule has 0 aromatic rings. The number of methoxy groups -OCH3 is 1. The van der Waals surface area contributed by atoms with Crippen LogP contribution in [0.5, 0.6) is 0 Å². The van der Waals surface area contributed by atoms with Crippen molar-refractivity contribution in [3.05, 3.63) is 36.5 Å². The Hall–Kier alpha value is -3.09. The van der Waals surface area contributed by atoms with Crippen molar-refractivity contribution in [2.24, 2.45) is 5.92 Å². The van der Waals surface area contributed by atoms with Gasteiger partial charge in [0.1, 0.15) is 25.4 Å². The lowest BCUT2D eigenvalue weighted by molar-refractivity contribution is -0.147. The highest BCUT2D eigenvalue weighted by Crippen LogP contribution is 2.15. The highest BCUT2D eigenvalue weighted by molar-refractivity contribution is 5.90. The summed E-state index contributed by atoms with van der Waals surface area (Å²) in [6.07, 6.45) is 2.61. The van der Waals surface area contributed by atoms with E-state index in [9.17, 15) is 14.4 Å². The number of unbranched alkanes of at least 4 members (excludes halogenated alkanes) is 1. The van der Waals surface area contributed by atoms with Crippen molar-refractivity contribution in [3.8, 4) is 0 Å². The summed E-state index contributed by atoms with van der Waals surface area (Å²) in [6, 6.07) is 0. The summed E-state index contributed by atoms with van der Waals surface area (Å²) in [6.45, 7) is 28.2. The van der Waals surface area contributed by atoms with Gasteiger partial charge in [-0.05, 0) is 19.3 Å². The van der Waals surface area contributed by atoms with E-state index in [1.807, 2.05) is 0 Å². The van der Waals surface area contributed by atoms with E-state index in [0.29, 0.717) is 178 Å². The van der Waals surface area contributed by atoms with Crippen molar-refractivity contribution < 1.29 is 114 Å². The van der Waals surface area contributed by atoms with Crippen LogP contribution in [0.4, 0.5) is 0 Å². The topological polar surface area (TPSA) is 256 Å². The zero-order chi connectivity index (χ0) is 57.9. The first-order valence-corrected chi connectivity index (χ1v) is 27.6. The van der Waals surface area contributed by atoms with E-state index in [-0.39, 0.29) is 76.2 Å². The lowest BCUT2D eigenvalue weighted by atomic mass is 10.0. The van der Waals surface area contributed by atoms with E-state index in [4.69, 9.17) is 99.8 Å². The molecule has 24 heteroatoms. The summed E-state index contributed by atoms with van der Waals surface area (Å²) in [5.74, 6) is -1.48. The quantitative estimate of drug-likeness (QED) is 0.0397. The van der Waals surface area contributed by atoms with Gasteiger partial charge in [0.15, 0.2) is 0 Å². The van der Waals surface area contributed by atoms with Gasteiger partial charge in [0.25, 0.3) is 0 Å². The molecule has 3 atom stereocenters. The van der Waals surface area contributed by atoms with Crippen molar-refractivity contribution in [2.75, 3.05) is 238 Å². The second kappa shape index (κ2) is 59.5. The number of ether oxygens (including phenoxy) is 20. The molecular weight excluding hydrogens is 1040 g/mol. The number of carbonyl (C=O) groups is 3. The Morgan fingerprint density at radius 3 is 0.975 bits per heavy atom. The Kier molecular flexibility index (Phi) is 57.2. The molecule has 0 bridgehead atoms. The minimum Gasteiger partial charge on any atom is -0.462 e. The summed E-state index contributed by atoms with van der Waals surface area (Å²) in [5, 5.41) is 8.63. The molecule has 0 amide bonds. The molecule has 464 valence electrons. The van der Waals surface area contributed by atoms with Crippen LogP contribution >= 0.6 is 0 Å². The highest BCUT2D eigenvalue weighted by Gasteiger charge is 2.24. The molecule has 3 unspecified atom stereocenters. The second-order valence-electron chi connectivity index (χ2n) is 17.1. The molecule has 0 spiro atoms. The monoisotopic (exact) mass is 1140 g/mol. The van der Waals surface area contributed by atoms with E-state index >= 15 is 0 Å². The van der Waals surface area contributed by atoms with Crippen molar-refractivity contribution in [1.29, 1.82) is 0 Å². The second-order valence-corrected chi connectivity index (χ2v) is 17.1. The van der Waals surface area contributed by atoms with Crippen LogP contribution in [0.1, 0.15) is 46.5 Å². The third kappa shape index (κ3) is 50.4. The fourth-order valence-corrected chi connectivity index (χ4v) is 6.06. The smallest absolute Gasteiger partial charge is 0.336 e. The van der Waals surface area contributed by atoms with Gasteiger partial charge in [-0.25, -0.2) is 14.4 Å². The molecule has 1 N–H and O–H groups in total. The van der Waals surface area contributed by atoms with Gasteiger partial charge in [-0.2, -0.15) is 0 Å². The summed E-state index contributed by atoms with van der Waals surface area (Å²) in [4.78, 5) is 37.3. The number of esters is 3. The van der Waals surface area contributed by atoms with Crippen LogP contribution in [0.3, 0.4) is 0 Å². The Morgan fingerprint density at radius 1 is 0.380 bits per heavy atom. The third-order valence-electron chi connectivity index (χ3n) is 10.6. The molecule has 0 saturated heterocycles. The minimum absolute atomic E-state index is 0.00228. The van der Waals surface area contributed by atoms with Crippen LogP contribution < -0.4 is 0 Å². The standard InChI is InChI=1S/C55H100O24/c1-8-10-11-50(9-2)44-78-55(59)48(5)51(45-60-7)75-41-38-72-35-32-69-29-26-66-24-21-65-22-25-68-28-31-71-34-37-74-40-43-77-54(58)49(6)52(46-79-53(57)47(3)4)76-42-39-73-36-33-70-30-27-67-23-20-64-19-18-63-17-16-62-15-14-61-13-12-56/h50-52,56H,3,5-6,8-46H2,1-2,4,7H3. The Labute approximate surface area is 470 Å². The van der Waals surface area contributed by atoms with Crippen molar-refractivity contribution in [1.82, 2.24) is 0 Å². The lowest BCUT2D eigenvalue weighted by Crippen LogP contribution is -2.30. The fraction of sp³-hybridized carbons (Fsp3) is 0.836. The van der Waals surface area contributed by atoms with E-state index in [0.717, 1.165) is 25.7 Å². The van der Waals surface area contributed by atoms with Gasteiger partial charge in [0.2, 0.25) is 0 Å². The first kappa shape index (κ1) is 75.9. The molecule has 0 aliphatic rings. The number of hydrogen-bond donors (Lipinski definition) is 1. The lowest BCUT2D eigenvalue weighted by Gasteiger charge is -2.20. The Bertz CT molecular complexity index is 1440. The molecule has 0 radical (unpaired) electrons. The van der Waals surface area contributed by atoms with Gasteiger partial charge in [0, 0.05) is 12.7 Å². The van der Waals surface area contributed by atoms with E-state index < -0.39 is 30.1 Å². The van der Waals surface area contributed by atoms with Crippen molar-refractivity contribution >= 4 is 17.9 Å². The van der Waals surface area contributed by atoms with Crippen molar-refractivity contribution in [2.45, 2.75) is 58.7 Å². The fourth-order valence-electron chi connectivity index (χ4n) is 6.06. The molecule has 0 aliphatic heterocycles. The molecule has 0 rings (SSSR count). The number of aliphatic hydroxyl groups excluding tert-OH is 1. The molecule has 0 aromatic heterocycles. The third-order valence-corrected chi connectivity index (χ3v) is 10.6. The molecule has 0 heterocycles. The van der Waals surface area contributed by atoms with Crippen LogP contribution in [-0.2, 0) is 109 Å². The highest BCUT2D eigenvalue weighted by atomic mass is 16.6. The van der Waals surface area contributed by atoms with E-state index in [1.165, 1.54) is 14.0 Å². The average molecular weight is 1150 g/mol. The number of aliphatic hydroxyl groups is 1. The molecule has 0 fully saturated rings. The van der Waals surface area contributed by atoms with Gasteiger partial charge in [-0.3, -0.25) is 0 Å². The minimum atomic E-state index is -0.973. The van der Waals surface area contributed by atoms with E-state index in [1.54, 1.807) is 0 Å². The summed E-state index contributed by atoms with van der Waals surface area (Å²) in [5.41, 5.74) is 0.395. The van der Waals surface area contributed by atoms with Gasteiger partial charge in [0.05, 0.1) is 229 Å². The summed E-state index contributed by atoms with van der Waals surface area (Å²) in [7, 11) is 1.54. The summed E-state index contributed by atoms with van der Waals surface area (Å²) >= 11 is 0. The van der Waals surface area contributed by atoms with Crippen LogP contribution in [0.2, 0.25) is 0 Å². The first-order valence-electron chi connectivity index (χ1n) is 27.6. The van der Waals surface area contributed by atoms with Crippen LogP contribution in [0.25, 0.3) is 0 Å². The molecule has 0 saturated carbocycles. The number of rotatable bonds is 64. The predicted octanol–water partition coefficient (Wildman–Crippen LogP) is 3.16. The molecule has 0 aromatic carbocycles. The predicted molar refractivity (Wildman–Crippen MR) is 289 cm³/mol. The van der Waals surface area contributed by atoms with Crippen LogP contribution in [0.15, 0.2) is 36.5 Å². The molecule has 24 nitrogen and oxygen atoms in total. The average Bonchev–Trinajstić information content (AvgIpc) is 3.45. The number of hydrogen-bond acceptors (Lipinski definition) is 24. The molecular formula is C55H100O24. The normalized spacial score (nSPS) is 12.6. The Morgan fingerprint density at radius 2 is 0.671 bits per heavy atom. The van der Waals surface area contributed by atoms with Crippen molar-refractivity contribution in [3.63, 3.8) is 0 Å². The maximum atomic E-state index is 12.7. The largest absolute Gasteiger partial charge is 0.462 e. The Balaban J connectivity index is 3.82. The van der Waals surface area contributed by atoms with Gasteiger partial charge in [-0.15, -0.1) is 0 Å². The molecule has 79 heavy (non-hydrogen) atoms.